The van der Waals surface area contributed by atoms with E-state index in [1.54, 1.807) is 12.1 Å². The predicted molar refractivity (Wildman–Crippen MR) is 54.7 cm³/mol. The number of halogens is 1. The maximum absolute atomic E-state index is 13.0. The molecule has 0 aliphatic rings. The van der Waals surface area contributed by atoms with E-state index in [-0.39, 0.29) is 5.82 Å². The molecule has 0 amide bonds. The number of hydrogen-bond donors (Lipinski definition) is 0. The van der Waals surface area contributed by atoms with E-state index in [9.17, 15) is 4.39 Å². The molecule has 0 atom stereocenters. The molecule has 0 saturated heterocycles. The zero-order valence-electron chi connectivity index (χ0n) is 8.42. The van der Waals surface area contributed by atoms with Crippen molar-refractivity contribution in [1.29, 1.82) is 0 Å². The van der Waals surface area contributed by atoms with E-state index in [0.717, 1.165) is 29.6 Å². The Morgan fingerprint density at radius 3 is 2.93 bits per heavy atom. The SMILES string of the molecule is CCCn1nc2ccc(F)cc2c1C. The van der Waals surface area contributed by atoms with Crippen LogP contribution in [0.2, 0.25) is 0 Å². The molecule has 1 aromatic carbocycles. The molecule has 2 aromatic rings. The highest BCUT2D eigenvalue weighted by atomic mass is 19.1. The molecule has 1 aromatic heterocycles. The Bertz CT molecular complexity index is 460. The van der Waals surface area contributed by atoms with E-state index in [1.807, 2.05) is 11.6 Å². The second kappa shape index (κ2) is 3.40. The molecule has 0 radical (unpaired) electrons. The number of aryl methyl sites for hydroxylation is 2. The molecule has 0 spiro atoms. The molecule has 0 fully saturated rings. The van der Waals surface area contributed by atoms with E-state index in [2.05, 4.69) is 12.0 Å². The molecular formula is C11H13FN2. The standard InChI is InChI=1S/C11H13FN2/c1-3-6-14-8(2)10-7-9(12)4-5-11(10)13-14/h4-5,7H,3,6H2,1-2H3. The molecule has 0 unspecified atom stereocenters. The Balaban J connectivity index is 2.62. The van der Waals surface area contributed by atoms with Gasteiger partial charge in [-0.05, 0) is 31.5 Å². The van der Waals surface area contributed by atoms with Crippen LogP contribution in [0.5, 0.6) is 0 Å². The summed E-state index contributed by atoms with van der Waals surface area (Å²) in [5, 5.41) is 5.31. The summed E-state index contributed by atoms with van der Waals surface area (Å²) >= 11 is 0. The Morgan fingerprint density at radius 1 is 1.43 bits per heavy atom. The van der Waals surface area contributed by atoms with Crippen LogP contribution in [0.3, 0.4) is 0 Å². The minimum Gasteiger partial charge on any atom is -0.269 e. The van der Waals surface area contributed by atoms with Gasteiger partial charge in [0, 0.05) is 17.6 Å². The summed E-state index contributed by atoms with van der Waals surface area (Å²) in [6.45, 7) is 4.97. The smallest absolute Gasteiger partial charge is 0.124 e. The van der Waals surface area contributed by atoms with Gasteiger partial charge in [-0.3, -0.25) is 4.68 Å². The van der Waals surface area contributed by atoms with Gasteiger partial charge >= 0.3 is 0 Å². The highest BCUT2D eigenvalue weighted by Gasteiger charge is 2.06. The highest BCUT2D eigenvalue weighted by Crippen LogP contribution is 2.18. The van der Waals surface area contributed by atoms with Gasteiger partial charge in [0.15, 0.2) is 0 Å². The van der Waals surface area contributed by atoms with Gasteiger partial charge in [-0.1, -0.05) is 6.92 Å². The summed E-state index contributed by atoms with van der Waals surface area (Å²) in [7, 11) is 0. The minimum absolute atomic E-state index is 0.198. The van der Waals surface area contributed by atoms with E-state index in [1.165, 1.54) is 6.07 Å². The van der Waals surface area contributed by atoms with Crippen molar-refractivity contribution in [1.82, 2.24) is 9.78 Å². The fourth-order valence-corrected chi connectivity index (χ4v) is 1.66. The zero-order chi connectivity index (χ0) is 10.1. The molecule has 0 aliphatic carbocycles. The van der Waals surface area contributed by atoms with Crippen molar-refractivity contribution in [2.75, 3.05) is 0 Å². The van der Waals surface area contributed by atoms with Crippen LogP contribution in [0.1, 0.15) is 19.0 Å². The molecule has 1 heterocycles. The summed E-state index contributed by atoms with van der Waals surface area (Å²) < 4.78 is 14.9. The summed E-state index contributed by atoms with van der Waals surface area (Å²) in [6.07, 6.45) is 1.04. The number of aromatic nitrogens is 2. The van der Waals surface area contributed by atoms with Crippen molar-refractivity contribution < 1.29 is 4.39 Å². The Hall–Kier alpha value is -1.38. The zero-order valence-corrected chi connectivity index (χ0v) is 8.42. The number of benzene rings is 1. The topological polar surface area (TPSA) is 17.8 Å². The Labute approximate surface area is 82.3 Å². The Kier molecular flexibility index (Phi) is 2.23. The first-order valence-corrected chi connectivity index (χ1v) is 4.85. The van der Waals surface area contributed by atoms with Gasteiger partial charge in [-0.2, -0.15) is 5.10 Å². The average Bonchev–Trinajstić information content (AvgIpc) is 2.46. The first kappa shape index (κ1) is 9.19. The van der Waals surface area contributed by atoms with Gasteiger partial charge in [0.05, 0.1) is 5.52 Å². The molecule has 2 rings (SSSR count). The second-order valence-electron chi connectivity index (χ2n) is 3.47. The maximum Gasteiger partial charge on any atom is 0.124 e. The fraction of sp³-hybridized carbons (Fsp3) is 0.364. The number of hydrogen-bond acceptors (Lipinski definition) is 1. The first-order valence-electron chi connectivity index (χ1n) is 4.85. The van der Waals surface area contributed by atoms with Gasteiger partial charge in [0.1, 0.15) is 5.82 Å². The van der Waals surface area contributed by atoms with Crippen molar-refractivity contribution in [2.45, 2.75) is 26.8 Å². The number of nitrogens with zero attached hydrogens (tertiary/aromatic N) is 2. The first-order chi connectivity index (χ1) is 6.72. The van der Waals surface area contributed by atoms with E-state index < -0.39 is 0 Å². The minimum atomic E-state index is -0.198. The predicted octanol–water partition coefficient (Wildman–Crippen LogP) is 2.89. The third-order valence-corrected chi connectivity index (χ3v) is 2.40. The van der Waals surface area contributed by atoms with Gasteiger partial charge in [-0.25, -0.2) is 4.39 Å². The lowest BCUT2D eigenvalue weighted by Gasteiger charge is -1.99. The van der Waals surface area contributed by atoms with Crippen molar-refractivity contribution in [2.24, 2.45) is 0 Å². The lowest BCUT2D eigenvalue weighted by atomic mass is 10.2. The van der Waals surface area contributed by atoms with E-state index >= 15 is 0 Å². The second-order valence-corrected chi connectivity index (χ2v) is 3.47. The van der Waals surface area contributed by atoms with Crippen molar-refractivity contribution in [3.63, 3.8) is 0 Å². The molecule has 74 valence electrons. The lowest BCUT2D eigenvalue weighted by molar-refractivity contribution is 0.593. The van der Waals surface area contributed by atoms with Crippen LogP contribution in [0.4, 0.5) is 4.39 Å². The third kappa shape index (κ3) is 1.39. The van der Waals surface area contributed by atoms with Crippen LogP contribution in [0.15, 0.2) is 18.2 Å². The lowest BCUT2D eigenvalue weighted by Crippen LogP contribution is -2.00. The summed E-state index contributed by atoms with van der Waals surface area (Å²) in [6, 6.07) is 4.72. The normalized spacial score (nSPS) is 11.1. The summed E-state index contributed by atoms with van der Waals surface area (Å²) in [5.41, 5.74) is 1.92. The van der Waals surface area contributed by atoms with Crippen molar-refractivity contribution in [3.05, 3.63) is 29.7 Å². The molecule has 2 nitrogen and oxygen atoms in total. The highest BCUT2D eigenvalue weighted by molar-refractivity contribution is 5.81. The van der Waals surface area contributed by atoms with E-state index in [0.29, 0.717) is 0 Å². The monoisotopic (exact) mass is 192 g/mol. The molecule has 14 heavy (non-hydrogen) atoms. The van der Waals surface area contributed by atoms with Crippen LogP contribution >= 0.6 is 0 Å². The number of rotatable bonds is 2. The molecule has 0 N–H and O–H groups in total. The fourth-order valence-electron chi connectivity index (χ4n) is 1.66. The van der Waals surface area contributed by atoms with Gasteiger partial charge in [0.2, 0.25) is 0 Å². The molecule has 0 bridgehead atoms. The van der Waals surface area contributed by atoms with Gasteiger partial charge in [-0.15, -0.1) is 0 Å². The van der Waals surface area contributed by atoms with Crippen molar-refractivity contribution >= 4 is 10.9 Å². The Morgan fingerprint density at radius 2 is 2.21 bits per heavy atom. The summed E-state index contributed by atoms with van der Waals surface area (Å²) in [4.78, 5) is 0. The molecule has 0 aliphatic heterocycles. The van der Waals surface area contributed by atoms with Crippen LogP contribution in [-0.2, 0) is 6.54 Å². The average molecular weight is 192 g/mol. The van der Waals surface area contributed by atoms with Crippen LogP contribution in [-0.4, -0.2) is 9.78 Å². The van der Waals surface area contributed by atoms with Crippen molar-refractivity contribution in [3.8, 4) is 0 Å². The quantitative estimate of drug-likeness (QED) is 0.715. The molecule has 3 heteroatoms. The van der Waals surface area contributed by atoms with Gasteiger partial charge in [0.25, 0.3) is 0 Å². The maximum atomic E-state index is 13.0. The van der Waals surface area contributed by atoms with Crippen LogP contribution in [0, 0.1) is 12.7 Å². The van der Waals surface area contributed by atoms with E-state index in [4.69, 9.17) is 0 Å². The molecule has 0 saturated carbocycles. The number of fused-ring (bicyclic) bond motifs is 1. The van der Waals surface area contributed by atoms with Gasteiger partial charge < -0.3 is 0 Å². The largest absolute Gasteiger partial charge is 0.269 e. The summed E-state index contributed by atoms with van der Waals surface area (Å²) in [5.74, 6) is -0.198. The molecular weight excluding hydrogens is 179 g/mol. The third-order valence-electron chi connectivity index (χ3n) is 2.40. The van der Waals surface area contributed by atoms with Crippen LogP contribution in [0.25, 0.3) is 10.9 Å². The van der Waals surface area contributed by atoms with Crippen LogP contribution < -0.4 is 0 Å².